The number of aromatic nitrogens is 1. The van der Waals surface area contributed by atoms with E-state index in [-0.39, 0.29) is 12.2 Å². The second-order valence-corrected chi connectivity index (χ2v) is 5.11. The van der Waals surface area contributed by atoms with E-state index in [2.05, 4.69) is 4.98 Å². The van der Waals surface area contributed by atoms with Crippen LogP contribution in [0.2, 0.25) is 0 Å². The largest absolute Gasteiger partial charge is 0.496 e. The minimum Gasteiger partial charge on any atom is -0.496 e. The summed E-state index contributed by atoms with van der Waals surface area (Å²) in [5, 5.41) is 0. The van der Waals surface area contributed by atoms with E-state index in [1.165, 1.54) is 12.1 Å². The molecule has 110 valence electrons. The Labute approximate surface area is 123 Å². The van der Waals surface area contributed by atoms with Crippen LogP contribution in [0.5, 0.6) is 5.75 Å². The minimum absolute atomic E-state index is 0.132. The summed E-state index contributed by atoms with van der Waals surface area (Å²) in [4.78, 5) is 16.7. The van der Waals surface area contributed by atoms with Crippen LogP contribution in [0.1, 0.15) is 32.7 Å². The molecule has 0 aliphatic heterocycles. The number of methoxy groups -OCH3 is 1. The summed E-state index contributed by atoms with van der Waals surface area (Å²) >= 11 is 0. The molecule has 2 aromatic rings. The molecule has 0 spiro atoms. The second-order valence-electron chi connectivity index (χ2n) is 5.11. The highest BCUT2D eigenvalue weighted by molar-refractivity contribution is 5.98. The van der Waals surface area contributed by atoms with E-state index < -0.39 is 5.82 Å². The van der Waals surface area contributed by atoms with Crippen molar-refractivity contribution in [1.82, 2.24) is 4.98 Å². The molecule has 3 nitrogen and oxygen atoms in total. The van der Waals surface area contributed by atoms with Gasteiger partial charge in [-0.1, -0.05) is 6.07 Å². The van der Waals surface area contributed by atoms with Crippen molar-refractivity contribution in [3.8, 4) is 5.75 Å². The molecule has 0 N–H and O–H groups in total. The first-order chi connectivity index (χ1) is 9.93. The number of rotatable bonds is 4. The molecular weight excluding hydrogens is 269 g/mol. The first kappa shape index (κ1) is 15.2. The number of benzene rings is 1. The quantitative estimate of drug-likeness (QED) is 0.807. The molecular formula is C17H18FNO2. The van der Waals surface area contributed by atoms with Gasteiger partial charge in [0.15, 0.2) is 5.78 Å². The first-order valence-corrected chi connectivity index (χ1v) is 6.72. The highest BCUT2D eigenvalue weighted by atomic mass is 19.1. The summed E-state index contributed by atoms with van der Waals surface area (Å²) in [5.41, 5.74) is 3.59. The number of pyridine rings is 1. The number of ether oxygens (including phenoxy) is 1. The molecule has 0 amide bonds. The maximum absolute atomic E-state index is 13.3. The topological polar surface area (TPSA) is 39.2 Å². The van der Waals surface area contributed by atoms with Gasteiger partial charge in [0.1, 0.15) is 11.6 Å². The van der Waals surface area contributed by atoms with Crippen molar-refractivity contribution in [1.29, 1.82) is 0 Å². The van der Waals surface area contributed by atoms with Gasteiger partial charge in [0.25, 0.3) is 0 Å². The predicted molar refractivity (Wildman–Crippen MR) is 79.4 cm³/mol. The van der Waals surface area contributed by atoms with Crippen LogP contribution in [0, 0.1) is 26.6 Å². The fourth-order valence-corrected chi connectivity index (χ4v) is 2.39. The average Bonchev–Trinajstić information content (AvgIpc) is 2.45. The number of halogens is 1. The van der Waals surface area contributed by atoms with Gasteiger partial charge in [0.05, 0.1) is 19.2 Å². The lowest BCUT2D eigenvalue weighted by Crippen LogP contribution is -2.10. The van der Waals surface area contributed by atoms with E-state index in [1.54, 1.807) is 26.3 Å². The number of hydrogen-bond donors (Lipinski definition) is 0. The molecule has 0 bridgehead atoms. The molecule has 0 fully saturated rings. The van der Waals surface area contributed by atoms with Gasteiger partial charge in [0.2, 0.25) is 0 Å². The van der Waals surface area contributed by atoms with Gasteiger partial charge in [-0.2, -0.15) is 0 Å². The van der Waals surface area contributed by atoms with Crippen LogP contribution in [0.4, 0.5) is 4.39 Å². The van der Waals surface area contributed by atoms with Gasteiger partial charge in [0, 0.05) is 22.9 Å². The molecule has 0 radical (unpaired) electrons. The number of aryl methyl sites for hydroxylation is 2. The number of ketones is 1. The van der Waals surface area contributed by atoms with Crippen LogP contribution in [0.25, 0.3) is 0 Å². The third-order valence-corrected chi connectivity index (χ3v) is 3.58. The normalized spacial score (nSPS) is 10.5. The Morgan fingerprint density at radius 3 is 2.62 bits per heavy atom. The fraction of sp³-hybridized carbons (Fsp3) is 0.294. The Morgan fingerprint density at radius 2 is 1.95 bits per heavy atom. The molecule has 0 saturated heterocycles. The van der Waals surface area contributed by atoms with Crippen molar-refractivity contribution in [2.45, 2.75) is 27.2 Å². The lowest BCUT2D eigenvalue weighted by atomic mass is 9.99. The highest BCUT2D eigenvalue weighted by Gasteiger charge is 2.16. The van der Waals surface area contributed by atoms with E-state index >= 15 is 0 Å². The maximum Gasteiger partial charge on any atom is 0.169 e. The van der Waals surface area contributed by atoms with Crippen LogP contribution in [-0.4, -0.2) is 17.9 Å². The molecule has 0 atom stereocenters. The summed E-state index contributed by atoms with van der Waals surface area (Å²) in [7, 11) is 1.59. The molecule has 1 aromatic heterocycles. The Bertz CT molecular complexity index is 695. The molecule has 0 aliphatic carbocycles. The molecule has 0 saturated carbocycles. The molecule has 4 heteroatoms. The predicted octanol–water partition coefficient (Wildman–Crippen LogP) is 3.58. The average molecular weight is 287 g/mol. The van der Waals surface area contributed by atoms with Gasteiger partial charge < -0.3 is 4.74 Å². The smallest absolute Gasteiger partial charge is 0.169 e. The van der Waals surface area contributed by atoms with E-state index in [9.17, 15) is 9.18 Å². The second kappa shape index (κ2) is 6.04. The summed E-state index contributed by atoms with van der Waals surface area (Å²) in [6.45, 7) is 5.57. The number of hydrogen-bond acceptors (Lipinski definition) is 3. The van der Waals surface area contributed by atoms with Crippen molar-refractivity contribution >= 4 is 5.78 Å². The van der Waals surface area contributed by atoms with E-state index in [1.807, 2.05) is 13.8 Å². The number of Topliss-reactive ketones (excluding diaryl/α,β-unsaturated/α-hetero) is 1. The Kier molecular flexibility index (Phi) is 4.36. The van der Waals surface area contributed by atoms with Crippen molar-refractivity contribution in [3.05, 3.63) is 58.2 Å². The molecule has 21 heavy (non-hydrogen) atoms. The zero-order valence-corrected chi connectivity index (χ0v) is 12.7. The minimum atomic E-state index is -0.407. The monoisotopic (exact) mass is 287 g/mol. The van der Waals surface area contributed by atoms with Crippen LogP contribution in [-0.2, 0) is 6.42 Å². The Balaban J connectivity index is 2.34. The zero-order valence-electron chi connectivity index (χ0n) is 12.7. The van der Waals surface area contributed by atoms with Crippen LogP contribution in [0.15, 0.2) is 24.4 Å². The summed E-state index contributed by atoms with van der Waals surface area (Å²) < 4.78 is 18.6. The summed E-state index contributed by atoms with van der Waals surface area (Å²) in [6.07, 6.45) is 1.82. The third-order valence-electron chi connectivity index (χ3n) is 3.58. The molecule has 2 rings (SSSR count). The maximum atomic E-state index is 13.3. The number of carbonyl (C=O) groups is 1. The SMILES string of the molecule is COc1c(C)cnc(CC(=O)c2cc(F)ccc2C)c1C. The third kappa shape index (κ3) is 3.10. The van der Waals surface area contributed by atoms with E-state index in [4.69, 9.17) is 4.74 Å². The van der Waals surface area contributed by atoms with Crippen molar-refractivity contribution in [3.63, 3.8) is 0 Å². The number of nitrogens with zero attached hydrogens (tertiary/aromatic N) is 1. The lowest BCUT2D eigenvalue weighted by Gasteiger charge is -2.12. The first-order valence-electron chi connectivity index (χ1n) is 6.72. The van der Waals surface area contributed by atoms with Crippen molar-refractivity contribution in [2.75, 3.05) is 7.11 Å². The van der Waals surface area contributed by atoms with Crippen LogP contribution in [0.3, 0.4) is 0 Å². The van der Waals surface area contributed by atoms with Crippen molar-refractivity contribution in [2.24, 2.45) is 0 Å². The summed E-state index contributed by atoms with van der Waals surface area (Å²) in [6, 6.07) is 4.24. The fourth-order valence-electron chi connectivity index (χ4n) is 2.39. The molecule has 1 heterocycles. The van der Waals surface area contributed by atoms with Gasteiger partial charge in [-0.15, -0.1) is 0 Å². The van der Waals surface area contributed by atoms with Gasteiger partial charge >= 0.3 is 0 Å². The summed E-state index contributed by atoms with van der Waals surface area (Å²) in [5.74, 6) is 0.187. The van der Waals surface area contributed by atoms with E-state index in [0.717, 1.165) is 22.4 Å². The Morgan fingerprint density at radius 1 is 1.24 bits per heavy atom. The lowest BCUT2D eigenvalue weighted by molar-refractivity contribution is 0.0990. The van der Waals surface area contributed by atoms with Gasteiger partial charge in [-0.3, -0.25) is 9.78 Å². The van der Waals surface area contributed by atoms with Gasteiger partial charge in [-0.05, 0) is 38.5 Å². The van der Waals surface area contributed by atoms with Crippen molar-refractivity contribution < 1.29 is 13.9 Å². The molecule has 0 aliphatic rings. The highest BCUT2D eigenvalue weighted by Crippen LogP contribution is 2.25. The van der Waals surface area contributed by atoms with Crippen LogP contribution < -0.4 is 4.74 Å². The standard InChI is InChI=1S/C17H18FNO2/c1-10-5-6-13(18)7-14(10)16(20)8-15-12(3)17(21-4)11(2)9-19-15/h5-7,9H,8H2,1-4H3. The van der Waals surface area contributed by atoms with Crippen LogP contribution >= 0.6 is 0 Å². The number of carbonyl (C=O) groups excluding carboxylic acids is 1. The molecule has 0 unspecified atom stereocenters. The zero-order chi connectivity index (χ0) is 15.6. The Hall–Kier alpha value is -2.23. The molecule has 1 aromatic carbocycles. The van der Waals surface area contributed by atoms with Gasteiger partial charge in [-0.25, -0.2) is 4.39 Å². The van der Waals surface area contributed by atoms with E-state index in [0.29, 0.717) is 11.3 Å².